The van der Waals surface area contributed by atoms with E-state index in [1.54, 1.807) is 13.1 Å². The maximum atomic E-state index is 11.8. The normalized spacial score (nSPS) is 11.9. The van der Waals surface area contributed by atoms with Gasteiger partial charge in [-0.15, -0.1) is 0 Å². The zero-order chi connectivity index (χ0) is 16.7. The second-order valence-electron chi connectivity index (χ2n) is 5.49. The van der Waals surface area contributed by atoms with Crippen molar-refractivity contribution in [1.82, 2.24) is 10.3 Å². The summed E-state index contributed by atoms with van der Waals surface area (Å²) in [5.74, 6) is 0.0956. The Morgan fingerprint density at radius 1 is 1.30 bits per heavy atom. The van der Waals surface area contributed by atoms with E-state index in [1.165, 1.54) is 0 Å². The molecule has 122 valence electrons. The van der Waals surface area contributed by atoms with E-state index in [0.29, 0.717) is 24.6 Å². The molecule has 0 aliphatic heterocycles. The monoisotopic (exact) mass is 316 g/mol. The number of hydrogen-bond donors (Lipinski definition) is 2. The van der Waals surface area contributed by atoms with E-state index >= 15 is 0 Å². The number of hydrogen-bond acceptors (Lipinski definition) is 4. The van der Waals surface area contributed by atoms with Crippen LogP contribution in [0.4, 0.5) is 0 Å². The molecule has 0 bridgehead atoms. The van der Waals surface area contributed by atoms with Crippen LogP contribution in [0.25, 0.3) is 11.3 Å². The van der Waals surface area contributed by atoms with Gasteiger partial charge in [-0.2, -0.15) is 0 Å². The van der Waals surface area contributed by atoms with Crippen molar-refractivity contribution >= 4 is 11.9 Å². The highest BCUT2D eigenvalue weighted by atomic mass is 16.4. The van der Waals surface area contributed by atoms with Crippen LogP contribution >= 0.6 is 0 Å². The van der Waals surface area contributed by atoms with E-state index in [-0.39, 0.29) is 24.7 Å². The highest BCUT2D eigenvalue weighted by molar-refractivity contribution is 5.76. The number of oxazole rings is 1. The number of amides is 1. The molecule has 1 heterocycles. The quantitative estimate of drug-likeness (QED) is 0.780. The van der Waals surface area contributed by atoms with Crippen LogP contribution in [0, 0.1) is 5.92 Å². The van der Waals surface area contributed by atoms with Crippen LogP contribution in [0.2, 0.25) is 0 Å². The van der Waals surface area contributed by atoms with Gasteiger partial charge in [-0.3, -0.25) is 9.59 Å². The Kier molecular flexibility index (Phi) is 5.91. The van der Waals surface area contributed by atoms with Gasteiger partial charge in [0.2, 0.25) is 5.91 Å². The fourth-order valence-corrected chi connectivity index (χ4v) is 2.13. The average molecular weight is 316 g/mol. The number of benzene rings is 1. The van der Waals surface area contributed by atoms with Crippen molar-refractivity contribution in [3.63, 3.8) is 0 Å². The first-order valence-electron chi connectivity index (χ1n) is 7.53. The molecule has 0 spiro atoms. The van der Waals surface area contributed by atoms with Crippen LogP contribution in [0.3, 0.4) is 0 Å². The summed E-state index contributed by atoms with van der Waals surface area (Å²) < 4.78 is 5.63. The lowest BCUT2D eigenvalue weighted by molar-refractivity contribution is -0.138. The molecule has 2 rings (SSSR count). The minimum Gasteiger partial charge on any atom is -0.481 e. The molecule has 2 aromatic rings. The fourth-order valence-electron chi connectivity index (χ4n) is 2.13. The number of carboxylic acids is 1. The molecule has 0 saturated heterocycles. The molecule has 23 heavy (non-hydrogen) atoms. The minimum atomic E-state index is -0.861. The summed E-state index contributed by atoms with van der Waals surface area (Å²) in [6, 6.07) is 9.63. The summed E-state index contributed by atoms with van der Waals surface area (Å²) in [5, 5.41) is 11.4. The molecular formula is C17H20N2O4. The first kappa shape index (κ1) is 16.7. The van der Waals surface area contributed by atoms with Crippen molar-refractivity contribution in [3.8, 4) is 11.3 Å². The van der Waals surface area contributed by atoms with Crippen molar-refractivity contribution in [2.24, 2.45) is 5.92 Å². The third-order valence-corrected chi connectivity index (χ3v) is 3.35. The van der Waals surface area contributed by atoms with Crippen molar-refractivity contribution in [1.29, 1.82) is 0 Å². The van der Waals surface area contributed by atoms with E-state index in [0.717, 1.165) is 5.56 Å². The maximum absolute atomic E-state index is 11.8. The molecular weight excluding hydrogens is 296 g/mol. The molecule has 0 fully saturated rings. The molecule has 6 heteroatoms. The van der Waals surface area contributed by atoms with E-state index in [9.17, 15) is 9.59 Å². The Hall–Kier alpha value is -2.63. The lowest BCUT2D eigenvalue weighted by Crippen LogP contribution is -2.29. The highest BCUT2D eigenvalue weighted by Crippen LogP contribution is 2.20. The predicted molar refractivity (Wildman–Crippen MR) is 84.7 cm³/mol. The van der Waals surface area contributed by atoms with Crippen molar-refractivity contribution < 1.29 is 19.1 Å². The second-order valence-corrected chi connectivity index (χ2v) is 5.49. The van der Waals surface area contributed by atoms with Crippen molar-refractivity contribution in [3.05, 3.63) is 42.4 Å². The van der Waals surface area contributed by atoms with Gasteiger partial charge in [0.1, 0.15) is 0 Å². The zero-order valence-corrected chi connectivity index (χ0v) is 13.0. The lowest BCUT2D eigenvalue weighted by atomic mass is 10.1. The summed E-state index contributed by atoms with van der Waals surface area (Å²) in [7, 11) is 0. The van der Waals surface area contributed by atoms with Crippen LogP contribution < -0.4 is 5.32 Å². The van der Waals surface area contributed by atoms with Gasteiger partial charge in [0.15, 0.2) is 11.7 Å². The maximum Gasteiger partial charge on any atom is 0.303 e. The molecule has 0 aliphatic carbocycles. The highest BCUT2D eigenvalue weighted by Gasteiger charge is 2.11. The molecule has 1 atom stereocenters. The Balaban J connectivity index is 1.77. The van der Waals surface area contributed by atoms with Crippen LogP contribution in [-0.4, -0.2) is 28.5 Å². The third kappa shape index (κ3) is 5.58. The number of rotatable bonds is 8. The van der Waals surface area contributed by atoms with Gasteiger partial charge in [-0.25, -0.2) is 4.98 Å². The molecule has 0 saturated carbocycles. The van der Waals surface area contributed by atoms with Crippen LogP contribution in [0.5, 0.6) is 0 Å². The Labute approximate surface area is 134 Å². The van der Waals surface area contributed by atoms with E-state index < -0.39 is 5.97 Å². The van der Waals surface area contributed by atoms with Gasteiger partial charge in [-0.05, 0) is 5.92 Å². The summed E-state index contributed by atoms with van der Waals surface area (Å²) in [5.41, 5.74) is 0.943. The summed E-state index contributed by atoms with van der Waals surface area (Å²) in [4.78, 5) is 26.5. The molecule has 1 unspecified atom stereocenters. The largest absolute Gasteiger partial charge is 0.481 e. The molecule has 1 amide bonds. The Morgan fingerprint density at radius 2 is 2.04 bits per heavy atom. The number of carboxylic acid groups (broad SMARTS) is 1. The first-order valence-corrected chi connectivity index (χ1v) is 7.53. The van der Waals surface area contributed by atoms with Crippen LogP contribution in [0.1, 0.15) is 25.7 Å². The van der Waals surface area contributed by atoms with Gasteiger partial charge in [0.05, 0.1) is 6.20 Å². The molecule has 2 N–H and O–H groups in total. The third-order valence-electron chi connectivity index (χ3n) is 3.35. The Morgan fingerprint density at radius 3 is 2.74 bits per heavy atom. The SMILES string of the molecule is CC(CNC(=O)CCc1ncc(-c2ccccc2)o1)CC(=O)O. The number of nitrogens with one attached hydrogen (secondary N) is 1. The van der Waals surface area contributed by atoms with Crippen LogP contribution in [0.15, 0.2) is 40.9 Å². The number of carbonyl (C=O) groups excluding carboxylic acids is 1. The minimum absolute atomic E-state index is 0.0421. The first-order chi connectivity index (χ1) is 11.0. The van der Waals surface area contributed by atoms with Gasteiger partial charge in [-0.1, -0.05) is 37.3 Å². The molecule has 1 aromatic heterocycles. The number of aliphatic carboxylic acids is 1. The second kappa shape index (κ2) is 8.12. The fraction of sp³-hybridized carbons (Fsp3) is 0.353. The molecule has 6 nitrogen and oxygen atoms in total. The smallest absolute Gasteiger partial charge is 0.303 e. The van der Waals surface area contributed by atoms with Crippen molar-refractivity contribution in [2.45, 2.75) is 26.2 Å². The summed E-state index contributed by atoms with van der Waals surface area (Å²) >= 11 is 0. The number of carbonyl (C=O) groups is 2. The molecule has 1 aromatic carbocycles. The summed E-state index contributed by atoms with van der Waals surface area (Å²) in [6.07, 6.45) is 2.36. The summed E-state index contributed by atoms with van der Waals surface area (Å²) in [6.45, 7) is 2.14. The molecule has 0 radical (unpaired) electrons. The van der Waals surface area contributed by atoms with E-state index in [2.05, 4.69) is 10.3 Å². The average Bonchev–Trinajstić information content (AvgIpc) is 3.00. The van der Waals surface area contributed by atoms with Gasteiger partial charge >= 0.3 is 5.97 Å². The Bertz CT molecular complexity index is 652. The van der Waals surface area contributed by atoms with Crippen molar-refractivity contribution in [2.75, 3.05) is 6.54 Å². The number of nitrogens with zero attached hydrogens (tertiary/aromatic N) is 1. The van der Waals surface area contributed by atoms with Gasteiger partial charge in [0.25, 0.3) is 0 Å². The zero-order valence-electron chi connectivity index (χ0n) is 13.0. The van der Waals surface area contributed by atoms with Gasteiger partial charge in [0, 0.05) is 31.4 Å². The topological polar surface area (TPSA) is 92.4 Å². The van der Waals surface area contributed by atoms with E-state index in [1.807, 2.05) is 30.3 Å². The number of aryl methyl sites for hydroxylation is 1. The van der Waals surface area contributed by atoms with Crippen LogP contribution in [-0.2, 0) is 16.0 Å². The predicted octanol–water partition coefficient (Wildman–Crippen LogP) is 2.50. The van der Waals surface area contributed by atoms with Gasteiger partial charge < -0.3 is 14.8 Å². The standard InChI is InChI=1S/C17H20N2O4/c1-12(9-17(21)22)10-18-15(20)7-8-16-19-11-14(23-16)13-5-3-2-4-6-13/h2-6,11-12H,7-10H2,1H3,(H,18,20)(H,21,22). The number of aromatic nitrogens is 1. The lowest BCUT2D eigenvalue weighted by Gasteiger charge is -2.09. The molecule has 0 aliphatic rings. The van der Waals surface area contributed by atoms with E-state index in [4.69, 9.17) is 9.52 Å².